The molecule has 0 aliphatic heterocycles. The first kappa shape index (κ1) is 15.1. The maximum absolute atomic E-state index is 5.72. The first-order valence-electron chi connectivity index (χ1n) is 6.13. The van der Waals surface area contributed by atoms with E-state index in [4.69, 9.17) is 27.4 Å². The van der Waals surface area contributed by atoms with Crippen LogP contribution in [-0.4, -0.2) is 24.3 Å². The van der Waals surface area contributed by atoms with E-state index in [-0.39, 0.29) is 6.10 Å². The Hall–Kier alpha value is -0.970. The predicted octanol–water partition coefficient (Wildman–Crippen LogP) is 2.57. The second kappa shape index (κ2) is 7.46. The van der Waals surface area contributed by atoms with Gasteiger partial charge in [-0.05, 0) is 38.0 Å². The molecule has 0 spiro atoms. The van der Waals surface area contributed by atoms with Crippen LogP contribution in [0.15, 0.2) is 18.2 Å². The Morgan fingerprint density at radius 2 is 2.17 bits per heavy atom. The minimum Gasteiger partial charge on any atom is -0.389 e. The van der Waals surface area contributed by atoms with Crippen LogP contribution in [0.1, 0.15) is 30.5 Å². The van der Waals surface area contributed by atoms with Crippen LogP contribution < -0.4 is 5.73 Å². The number of hydrogen-bond acceptors (Lipinski definition) is 3. The van der Waals surface area contributed by atoms with Crippen molar-refractivity contribution in [3.63, 3.8) is 0 Å². The molecule has 1 atom stereocenters. The van der Waals surface area contributed by atoms with Gasteiger partial charge < -0.3 is 15.2 Å². The molecule has 1 aromatic carbocycles. The fourth-order valence-electron chi connectivity index (χ4n) is 1.58. The molecular formula is C14H21NO2S. The van der Waals surface area contributed by atoms with Gasteiger partial charge in [0.1, 0.15) is 4.99 Å². The lowest BCUT2D eigenvalue weighted by Crippen LogP contribution is -2.16. The summed E-state index contributed by atoms with van der Waals surface area (Å²) >= 11 is 4.95. The number of ether oxygens (including phenoxy) is 2. The van der Waals surface area contributed by atoms with E-state index < -0.39 is 0 Å². The zero-order valence-electron chi connectivity index (χ0n) is 11.2. The smallest absolute Gasteiger partial charge is 0.103 e. The Bertz CT molecular complexity index is 407. The monoisotopic (exact) mass is 267 g/mol. The standard InChI is InChI=1S/C14H21NO2S/c1-4-16-8-11(3)17-9-13-6-5-12(14(15)18)7-10(13)2/h5-7,11H,4,8-9H2,1-3H3,(H2,15,18). The summed E-state index contributed by atoms with van der Waals surface area (Å²) in [6, 6.07) is 5.94. The summed E-state index contributed by atoms with van der Waals surface area (Å²) in [6.07, 6.45) is 0.0969. The van der Waals surface area contributed by atoms with E-state index in [0.29, 0.717) is 18.2 Å². The van der Waals surface area contributed by atoms with Crippen LogP contribution in [0.4, 0.5) is 0 Å². The molecule has 1 rings (SSSR count). The third-order valence-electron chi connectivity index (χ3n) is 2.71. The van der Waals surface area contributed by atoms with Gasteiger partial charge in [-0.25, -0.2) is 0 Å². The highest BCUT2D eigenvalue weighted by Gasteiger charge is 2.06. The summed E-state index contributed by atoms with van der Waals surface area (Å²) in [4.78, 5) is 0.426. The Labute approximate surface area is 114 Å². The molecule has 0 radical (unpaired) electrons. The molecule has 100 valence electrons. The zero-order valence-corrected chi connectivity index (χ0v) is 12.0. The number of benzene rings is 1. The molecule has 0 fully saturated rings. The Morgan fingerprint density at radius 3 is 2.72 bits per heavy atom. The van der Waals surface area contributed by atoms with E-state index in [1.807, 2.05) is 39.0 Å². The molecule has 2 N–H and O–H groups in total. The van der Waals surface area contributed by atoms with Crippen molar-refractivity contribution in [3.8, 4) is 0 Å². The summed E-state index contributed by atoms with van der Waals surface area (Å²) in [5.41, 5.74) is 8.78. The van der Waals surface area contributed by atoms with Crippen molar-refractivity contribution >= 4 is 17.2 Å². The van der Waals surface area contributed by atoms with Gasteiger partial charge in [0.2, 0.25) is 0 Å². The van der Waals surface area contributed by atoms with Gasteiger partial charge in [0.05, 0.1) is 19.3 Å². The third-order valence-corrected chi connectivity index (χ3v) is 2.94. The molecule has 1 unspecified atom stereocenters. The normalized spacial score (nSPS) is 12.4. The molecule has 1 aromatic rings. The number of nitrogens with two attached hydrogens (primary N) is 1. The van der Waals surface area contributed by atoms with Gasteiger partial charge in [0.25, 0.3) is 0 Å². The van der Waals surface area contributed by atoms with Gasteiger partial charge in [0.15, 0.2) is 0 Å². The highest BCUT2D eigenvalue weighted by Crippen LogP contribution is 2.13. The number of thiocarbonyl (C=S) groups is 1. The molecule has 0 heterocycles. The second-order valence-corrected chi connectivity index (χ2v) is 4.73. The molecule has 0 amide bonds. The number of hydrogen-bond donors (Lipinski definition) is 1. The van der Waals surface area contributed by atoms with Crippen LogP contribution in [0.25, 0.3) is 0 Å². The molecule has 0 aliphatic rings. The van der Waals surface area contributed by atoms with Crippen LogP contribution in [-0.2, 0) is 16.1 Å². The second-order valence-electron chi connectivity index (χ2n) is 4.29. The predicted molar refractivity (Wildman–Crippen MR) is 77.8 cm³/mol. The maximum Gasteiger partial charge on any atom is 0.103 e. The van der Waals surface area contributed by atoms with Gasteiger partial charge in [-0.1, -0.05) is 24.4 Å². The Balaban J connectivity index is 2.55. The van der Waals surface area contributed by atoms with Crippen LogP contribution >= 0.6 is 12.2 Å². The highest BCUT2D eigenvalue weighted by molar-refractivity contribution is 7.80. The van der Waals surface area contributed by atoms with Crippen LogP contribution in [0.5, 0.6) is 0 Å². The van der Waals surface area contributed by atoms with Crippen molar-refractivity contribution in [2.24, 2.45) is 5.73 Å². The van der Waals surface area contributed by atoms with Crippen LogP contribution in [0, 0.1) is 6.92 Å². The van der Waals surface area contributed by atoms with E-state index in [0.717, 1.165) is 23.3 Å². The number of aryl methyl sites for hydroxylation is 1. The van der Waals surface area contributed by atoms with Crippen molar-refractivity contribution in [2.75, 3.05) is 13.2 Å². The summed E-state index contributed by atoms with van der Waals surface area (Å²) in [5.74, 6) is 0. The molecule has 0 aliphatic carbocycles. The lowest BCUT2D eigenvalue weighted by molar-refractivity contribution is -0.0118. The van der Waals surface area contributed by atoms with E-state index in [9.17, 15) is 0 Å². The largest absolute Gasteiger partial charge is 0.389 e. The average Bonchev–Trinajstić information content (AvgIpc) is 2.34. The van der Waals surface area contributed by atoms with Crippen molar-refractivity contribution in [1.29, 1.82) is 0 Å². The van der Waals surface area contributed by atoms with Gasteiger partial charge in [-0.3, -0.25) is 0 Å². The molecule has 18 heavy (non-hydrogen) atoms. The summed E-state index contributed by atoms with van der Waals surface area (Å²) in [7, 11) is 0. The molecule has 0 saturated carbocycles. The van der Waals surface area contributed by atoms with E-state index >= 15 is 0 Å². The van der Waals surface area contributed by atoms with Gasteiger partial charge in [-0.15, -0.1) is 0 Å². The summed E-state index contributed by atoms with van der Waals surface area (Å²) in [5, 5.41) is 0. The van der Waals surface area contributed by atoms with Crippen molar-refractivity contribution < 1.29 is 9.47 Å². The molecule has 4 heteroatoms. The summed E-state index contributed by atoms with van der Waals surface area (Å²) < 4.78 is 11.0. The molecule has 0 bridgehead atoms. The van der Waals surface area contributed by atoms with Crippen LogP contribution in [0.2, 0.25) is 0 Å². The Kier molecular flexibility index (Phi) is 6.25. The fraction of sp³-hybridized carbons (Fsp3) is 0.500. The molecule has 0 saturated heterocycles. The first-order chi connectivity index (χ1) is 8.54. The Morgan fingerprint density at radius 1 is 1.44 bits per heavy atom. The summed E-state index contributed by atoms with van der Waals surface area (Å²) in [6.45, 7) is 7.95. The van der Waals surface area contributed by atoms with Gasteiger partial charge in [0, 0.05) is 12.2 Å². The van der Waals surface area contributed by atoms with E-state index in [1.54, 1.807) is 0 Å². The highest BCUT2D eigenvalue weighted by atomic mass is 32.1. The lowest BCUT2D eigenvalue weighted by atomic mass is 10.1. The van der Waals surface area contributed by atoms with Crippen molar-refractivity contribution in [3.05, 3.63) is 34.9 Å². The quantitative estimate of drug-likeness (QED) is 0.771. The maximum atomic E-state index is 5.72. The lowest BCUT2D eigenvalue weighted by Gasteiger charge is -2.14. The van der Waals surface area contributed by atoms with E-state index in [1.165, 1.54) is 0 Å². The minimum absolute atomic E-state index is 0.0969. The average molecular weight is 267 g/mol. The molecule has 3 nitrogen and oxygen atoms in total. The molecule has 0 aromatic heterocycles. The molecular weight excluding hydrogens is 246 g/mol. The van der Waals surface area contributed by atoms with E-state index in [2.05, 4.69) is 0 Å². The minimum atomic E-state index is 0.0969. The van der Waals surface area contributed by atoms with Crippen molar-refractivity contribution in [1.82, 2.24) is 0 Å². The van der Waals surface area contributed by atoms with Crippen LogP contribution in [0.3, 0.4) is 0 Å². The fourth-order valence-corrected chi connectivity index (χ4v) is 1.70. The first-order valence-corrected chi connectivity index (χ1v) is 6.54. The van der Waals surface area contributed by atoms with Gasteiger partial charge in [-0.2, -0.15) is 0 Å². The SMILES string of the molecule is CCOCC(C)OCc1ccc(C(N)=S)cc1C. The topological polar surface area (TPSA) is 44.5 Å². The van der Waals surface area contributed by atoms with Crippen molar-refractivity contribution in [2.45, 2.75) is 33.5 Å². The third kappa shape index (κ3) is 4.72. The number of rotatable bonds is 7. The van der Waals surface area contributed by atoms with Gasteiger partial charge >= 0.3 is 0 Å². The zero-order chi connectivity index (χ0) is 13.5.